The van der Waals surface area contributed by atoms with E-state index in [0.717, 1.165) is 62.7 Å². The van der Waals surface area contributed by atoms with Crippen LogP contribution in [0, 0.1) is 11.8 Å². The average molecular weight is 405 g/mol. The monoisotopic (exact) mass is 404 g/mol. The topological polar surface area (TPSA) is 87.0 Å². The van der Waals surface area contributed by atoms with Crippen molar-refractivity contribution in [3.05, 3.63) is 35.9 Å². The maximum Gasteiger partial charge on any atom is 0.303 e. The molecule has 3 N–H and O–H groups in total. The SMILES string of the molecule is COc1ccc(/C=C/C(O)CC[C@@H]2[C@@H](CCCCCCC(=O)O)CC[C@H]2O)cc1. The van der Waals surface area contributed by atoms with Crippen LogP contribution in [0.4, 0.5) is 0 Å². The number of methoxy groups -OCH3 is 1. The van der Waals surface area contributed by atoms with Crippen LogP contribution >= 0.6 is 0 Å². The van der Waals surface area contributed by atoms with Crippen LogP contribution in [0.25, 0.3) is 6.08 Å². The van der Waals surface area contributed by atoms with E-state index in [9.17, 15) is 15.0 Å². The van der Waals surface area contributed by atoms with Gasteiger partial charge in [0.15, 0.2) is 0 Å². The van der Waals surface area contributed by atoms with Gasteiger partial charge in [-0.25, -0.2) is 0 Å². The lowest BCUT2D eigenvalue weighted by atomic mass is 9.85. The Balaban J connectivity index is 1.70. The molecule has 162 valence electrons. The van der Waals surface area contributed by atoms with Crippen molar-refractivity contribution in [3.63, 3.8) is 0 Å². The van der Waals surface area contributed by atoms with Crippen molar-refractivity contribution in [2.45, 2.75) is 76.4 Å². The minimum absolute atomic E-state index is 0.257. The zero-order chi connectivity index (χ0) is 21.1. The Morgan fingerprint density at radius 2 is 1.86 bits per heavy atom. The third-order valence-corrected chi connectivity index (χ3v) is 6.07. The summed E-state index contributed by atoms with van der Waals surface area (Å²) in [4.78, 5) is 10.5. The van der Waals surface area contributed by atoms with E-state index >= 15 is 0 Å². The fraction of sp³-hybridized carbons (Fsp3) is 0.625. The summed E-state index contributed by atoms with van der Waals surface area (Å²) < 4.78 is 5.15. The Morgan fingerprint density at radius 3 is 2.55 bits per heavy atom. The first-order valence-electron chi connectivity index (χ1n) is 10.9. The molecule has 4 atom stereocenters. The highest BCUT2D eigenvalue weighted by atomic mass is 16.5. The van der Waals surface area contributed by atoms with E-state index in [1.807, 2.05) is 36.4 Å². The number of unbranched alkanes of at least 4 members (excludes halogenated alkanes) is 3. The molecule has 1 aromatic rings. The first kappa shape index (κ1) is 23.4. The van der Waals surface area contributed by atoms with E-state index in [4.69, 9.17) is 9.84 Å². The summed E-state index contributed by atoms with van der Waals surface area (Å²) in [5.74, 6) is 0.870. The van der Waals surface area contributed by atoms with Crippen molar-refractivity contribution >= 4 is 12.0 Å². The van der Waals surface area contributed by atoms with Crippen LogP contribution < -0.4 is 4.74 Å². The van der Waals surface area contributed by atoms with E-state index in [1.54, 1.807) is 7.11 Å². The molecule has 0 spiro atoms. The number of hydrogen-bond donors (Lipinski definition) is 3. The second-order valence-corrected chi connectivity index (χ2v) is 8.19. The minimum Gasteiger partial charge on any atom is -0.497 e. The number of aliphatic carboxylic acids is 1. The summed E-state index contributed by atoms with van der Waals surface area (Å²) in [7, 11) is 1.64. The summed E-state index contributed by atoms with van der Waals surface area (Å²) in [5, 5.41) is 29.4. The largest absolute Gasteiger partial charge is 0.497 e. The molecule has 1 aromatic carbocycles. The molecular formula is C24H36O5. The van der Waals surface area contributed by atoms with Gasteiger partial charge in [0.25, 0.3) is 0 Å². The fourth-order valence-corrected chi connectivity index (χ4v) is 4.35. The predicted octanol–water partition coefficient (Wildman–Crippen LogP) is 4.66. The standard InChI is InChI=1S/C24H36O5/c1-29-21-14-9-18(10-15-21)8-12-20(25)13-16-22-19(11-17-23(22)26)6-4-2-3-5-7-24(27)28/h8-10,12,14-15,19-20,22-23,25-26H,2-7,11,13,16-17H2,1H3,(H,27,28)/b12-8+/t19-,20?,22+,23+/m0/s1. The van der Waals surface area contributed by atoms with Crippen molar-refractivity contribution < 1.29 is 24.9 Å². The number of benzene rings is 1. The van der Waals surface area contributed by atoms with Crippen LogP contribution in [0.3, 0.4) is 0 Å². The highest BCUT2D eigenvalue weighted by Crippen LogP contribution is 2.38. The van der Waals surface area contributed by atoms with Crippen molar-refractivity contribution in [2.24, 2.45) is 11.8 Å². The van der Waals surface area contributed by atoms with Crippen LogP contribution in [0.2, 0.25) is 0 Å². The second kappa shape index (κ2) is 12.7. The highest BCUT2D eigenvalue weighted by Gasteiger charge is 2.34. The van der Waals surface area contributed by atoms with Crippen LogP contribution in [-0.2, 0) is 4.79 Å². The van der Waals surface area contributed by atoms with Crippen molar-refractivity contribution in [3.8, 4) is 5.75 Å². The molecule has 1 aliphatic rings. The third-order valence-electron chi connectivity index (χ3n) is 6.07. The maximum atomic E-state index is 10.5. The van der Waals surface area contributed by atoms with Crippen LogP contribution in [0.5, 0.6) is 5.75 Å². The molecule has 29 heavy (non-hydrogen) atoms. The van der Waals surface area contributed by atoms with Crippen molar-refractivity contribution in [1.29, 1.82) is 0 Å². The van der Waals surface area contributed by atoms with E-state index < -0.39 is 12.1 Å². The minimum atomic E-state index is -0.719. The van der Waals surface area contributed by atoms with E-state index in [1.165, 1.54) is 0 Å². The molecule has 0 heterocycles. The molecule has 0 aromatic heterocycles. The molecule has 1 aliphatic carbocycles. The summed E-state index contributed by atoms with van der Waals surface area (Å²) in [6.45, 7) is 0. The molecule has 1 saturated carbocycles. The number of ether oxygens (including phenoxy) is 1. The van der Waals surface area contributed by atoms with Gasteiger partial charge in [0, 0.05) is 6.42 Å². The predicted molar refractivity (Wildman–Crippen MR) is 115 cm³/mol. The van der Waals surface area contributed by atoms with Crippen molar-refractivity contribution in [2.75, 3.05) is 7.11 Å². The second-order valence-electron chi connectivity index (χ2n) is 8.19. The lowest BCUT2D eigenvalue weighted by Crippen LogP contribution is -2.21. The van der Waals surface area contributed by atoms with Crippen LogP contribution in [0.1, 0.15) is 69.8 Å². The summed E-state index contributed by atoms with van der Waals surface area (Å²) >= 11 is 0. The molecule has 0 saturated heterocycles. The van der Waals surface area contributed by atoms with Gasteiger partial charge in [0.05, 0.1) is 19.3 Å². The zero-order valence-corrected chi connectivity index (χ0v) is 17.5. The van der Waals surface area contributed by atoms with Gasteiger partial charge in [-0.1, -0.05) is 50.0 Å². The van der Waals surface area contributed by atoms with Crippen LogP contribution in [0.15, 0.2) is 30.3 Å². The van der Waals surface area contributed by atoms with Gasteiger partial charge in [0.2, 0.25) is 0 Å². The smallest absolute Gasteiger partial charge is 0.303 e. The highest BCUT2D eigenvalue weighted by molar-refractivity contribution is 5.66. The molecule has 0 radical (unpaired) electrons. The van der Waals surface area contributed by atoms with E-state index in [-0.39, 0.29) is 18.4 Å². The lowest BCUT2D eigenvalue weighted by molar-refractivity contribution is -0.137. The molecule has 1 unspecified atom stereocenters. The van der Waals surface area contributed by atoms with Gasteiger partial charge in [0.1, 0.15) is 5.75 Å². The number of carboxylic acids is 1. The molecule has 5 nitrogen and oxygen atoms in total. The average Bonchev–Trinajstić information content (AvgIpc) is 3.07. The first-order valence-corrected chi connectivity index (χ1v) is 10.9. The lowest BCUT2D eigenvalue weighted by Gasteiger charge is -2.23. The van der Waals surface area contributed by atoms with Gasteiger partial charge in [-0.15, -0.1) is 0 Å². The number of aliphatic hydroxyl groups is 2. The summed E-state index contributed by atoms with van der Waals surface area (Å²) in [6, 6.07) is 7.70. The Morgan fingerprint density at radius 1 is 1.14 bits per heavy atom. The first-order chi connectivity index (χ1) is 14.0. The summed E-state index contributed by atoms with van der Waals surface area (Å²) in [6.07, 6.45) is 11.6. The molecule has 0 amide bonds. The quantitative estimate of drug-likeness (QED) is 0.416. The van der Waals surface area contributed by atoms with Gasteiger partial charge >= 0.3 is 5.97 Å². The number of rotatable bonds is 13. The third kappa shape index (κ3) is 8.58. The Kier molecular flexibility index (Phi) is 10.2. The number of hydrogen-bond acceptors (Lipinski definition) is 4. The molecule has 0 bridgehead atoms. The van der Waals surface area contributed by atoms with Gasteiger partial charge in [-0.2, -0.15) is 0 Å². The molecule has 2 rings (SSSR count). The maximum absolute atomic E-state index is 10.5. The normalized spacial score (nSPS) is 22.8. The van der Waals surface area contributed by atoms with E-state index in [0.29, 0.717) is 12.3 Å². The number of carboxylic acid groups (broad SMARTS) is 1. The molecular weight excluding hydrogens is 368 g/mol. The fourth-order valence-electron chi connectivity index (χ4n) is 4.35. The number of aliphatic hydroxyl groups excluding tert-OH is 2. The molecule has 1 fully saturated rings. The van der Waals surface area contributed by atoms with Crippen molar-refractivity contribution in [1.82, 2.24) is 0 Å². The Hall–Kier alpha value is -1.85. The molecule has 5 heteroatoms. The van der Waals surface area contributed by atoms with Gasteiger partial charge in [-0.3, -0.25) is 4.79 Å². The Labute approximate surface area is 174 Å². The van der Waals surface area contributed by atoms with Crippen LogP contribution in [-0.4, -0.2) is 40.6 Å². The Bertz CT molecular complexity index is 625. The van der Waals surface area contributed by atoms with Gasteiger partial charge < -0.3 is 20.1 Å². The van der Waals surface area contributed by atoms with Gasteiger partial charge in [-0.05, 0) is 61.6 Å². The van der Waals surface area contributed by atoms with E-state index in [2.05, 4.69) is 0 Å². The zero-order valence-electron chi connectivity index (χ0n) is 17.5. The molecule has 0 aliphatic heterocycles. The summed E-state index contributed by atoms with van der Waals surface area (Å²) in [5.41, 5.74) is 1.02. The number of carbonyl (C=O) groups is 1.